The van der Waals surface area contributed by atoms with Crippen molar-refractivity contribution in [2.45, 2.75) is 20.8 Å². The van der Waals surface area contributed by atoms with Crippen molar-refractivity contribution in [3.8, 4) is 0 Å². The molecule has 0 aromatic carbocycles. The van der Waals surface area contributed by atoms with E-state index in [9.17, 15) is 0 Å². The normalized spacial score (nSPS) is 10.9. The van der Waals surface area contributed by atoms with Crippen molar-refractivity contribution in [1.29, 1.82) is 0 Å². The van der Waals surface area contributed by atoms with Crippen LogP contribution in [0.1, 0.15) is 20.8 Å². The maximum Gasteiger partial charge on any atom is 0.156 e. The molecule has 0 amide bonds. The van der Waals surface area contributed by atoms with Crippen molar-refractivity contribution in [1.82, 2.24) is 0 Å². The largest absolute Gasteiger partial charge is 0.350 e. The second-order valence-corrected chi connectivity index (χ2v) is 7.55. The van der Waals surface area contributed by atoms with Crippen LogP contribution in [0.25, 0.3) is 0 Å². The Morgan fingerprint density at radius 3 is 1.45 bits per heavy atom. The smallest absolute Gasteiger partial charge is 0.156 e. The Hall–Kier alpha value is 0.320. The quantitative estimate of drug-likeness (QED) is 0.595. The summed E-state index contributed by atoms with van der Waals surface area (Å²) in [6, 6.07) is 0. The molecule has 0 saturated heterocycles. The van der Waals surface area contributed by atoms with E-state index >= 15 is 0 Å². The lowest BCUT2D eigenvalue weighted by Crippen LogP contribution is -2.08. The van der Waals surface area contributed by atoms with Gasteiger partial charge in [0.05, 0.1) is 18.5 Å². The molecule has 0 heterocycles. The van der Waals surface area contributed by atoms with Gasteiger partial charge >= 0.3 is 0 Å². The molecule has 11 heavy (non-hydrogen) atoms. The molecule has 0 fully saturated rings. The summed E-state index contributed by atoms with van der Waals surface area (Å²) in [7, 11) is 1.15. The molecule has 3 heteroatoms. The van der Waals surface area contributed by atoms with Crippen LogP contribution in [0.4, 0.5) is 4.70 Å². The molecule has 0 bridgehead atoms. The summed E-state index contributed by atoms with van der Waals surface area (Å²) in [6.45, 7) is 6.87. The number of methoxy groups -OCH3 is 1. The molecule has 0 aromatic heterocycles. The standard InChI is InChI=1S/C8H20OP.FH/c1-5-10(6-2,7-3)8-9-4;/h5-8H2,1-4H3;1H/q+1;. The molecule has 0 rings (SSSR count). The van der Waals surface area contributed by atoms with E-state index in [1.54, 1.807) is 0 Å². The van der Waals surface area contributed by atoms with Crippen LogP contribution in [-0.4, -0.2) is 31.9 Å². The average molecular weight is 183 g/mol. The fourth-order valence-corrected chi connectivity index (χ4v) is 3.66. The Morgan fingerprint density at radius 1 is 1.00 bits per heavy atom. The third-order valence-electron chi connectivity index (χ3n) is 2.42. The minimum atomic E-state index is -0.661. The highest BCUT2D eigenvalue weighted by atomic mass is 31.2. The van der Waals surface area contributed by atoms with Crippen molar-refractivity contribution < 1.29 is 9.44 Å². The van der Waals surface area contributed by atoms with Gasteiger partial charge in [0.15, 0.2) is 6.35 Å². The van der Waals surface area contributed by atoms with Gasteiger partial charge in [0, 0.05) is 14.4 Å². The van der Waals surface area contributed by atoms with E-state index < -0.39 is 7.26 Å². The van der Waals surface area contributed by atoms with Gasteiger partial charge in [-0.25, -0.2) is 0 Å². The first kappa shape index (κ1) is 13.9. The molecule has 0 N–H and O–H groups in total. The molecule has 0 aliphatic heterocycles. The molecule has 1 nitrogen and oxygen atoms in total. The molecule has 0 spiro atoms. The predicted octanol–water partition coefficient (Wildman–Crippen LogP) is 2.82. The van der Waals surface area contributed by atoms with Crippen molar-refractivity contribution >= 4 is 7.26 Å². The molecule has 0 radical (unpaired) electrons. The Labute approximate surface area is 70.2 Å². The van der Waals surface area contributed by atoms with Crippen LogP contribution in [0, 0.1) is 0 Å². The molecule has 0 aliphatic carbocycles. The maximum absolute atomic E-state index is 5.23. The highest BCUT2D eigenvalue weighted by Crippen LogP contribution is 2.57. The lowest BCUT2D eigenvalue weighted by atomic mass is 10.9. The SMILES string of the molecule is CC[P+](CC)(CC)COC.F. The minimum Gasteiger partial charge on any atom is -0.350 e. The third-order valence-corrected chi connectivity index (χ3v) is 7.25. The molecule has 0 aromatic rings. The number of ether oxygens (including phenoxy) is 1. The van der Waals surface area contributed by atoms with E-state index in [0.717, 1.165) is 6.35 Å². The summed E-state index contributed by atoms with van der Waals surface area (Å²) >= 11 is 0. The van der Waals surface area contributed by atoms with E-state index in [2.05, 4.69) is 20.8 Å². The van der Waals surface area contributed by atoms with E-state index in [-0.39, 0.29) is 4.70 Å². The summed E-state index contributed by atoms with van der Waals surface area (Å²) in [5.41, 5.74) is 0. The highest BCUT2D eigenvalue weighted by molar-refractivity contribution is 7.75. The maximum atomic E-state index is 5.23. The minimum absolute atomic E-state index is 0. The van der Waals surface area contributed by atoms with Gasteiger partial charge in [-0.2, -0.15) is 0 Å². The van der Waals surface area contributed by atoms with Gasteiger partial charge < -0.3 is 4.74 Å². The summed E-state index contributed by atoms with van der Waals surface area (Å²) in [5.74, 6) is 0. The molecule has 70 valence electrons. The van der Waals surface area contributed by atoms with Gasteiger partial charge in [0.25, 0.3) is 0 Å². The van der Waals surface area contributed by atoms with Crippen molar-refractivity contribution in [2.75, 3.05) is 31.9 Å². The summed E-state index contributed by atoms with van der Waals surface area (Å²) in [4.78, 5) is 0. The van der Waals surface area contributed by atoms with Gasteiger partial charge in [-0.15, -0.1) is 0 Å². The Balaban J connectivity index is 0. The molecule has 0 aliphatic rings. The zero-order chi connectivity index (χ0) is 8.04. The van der Waals surface area contributed by atoms with Crippen LogP contribution in [0.15, 0.2) is 0 Å². The Bertz CT molecular complexity index is 75.9. The number of halogens is 1. The van der Waals surface area contributed by atoms with Crippen molar-refractivity contribution in [2.24, 2.45) is 0 Å². The van der Waals surface area contributed by atoms with Gasteiger partial charge in [-0.05, 0) is 20.8 Å². The van der Waals surface area contributed by atoms with E-state index in [0.29, 0.717) is 0 Å². The fraction of sp³-hybridized carbons (Fsp3) is 1.00. The van der Waals surface area contributed by atoms with Crippen LogP contribution in [0.2, 0.25) is 0 Å². The van der Waals surface area contributed by atoms with E-state index in [1.165, 1.54) is 18.5 Å². The van der Waals surface area contributed by atoms with Crippen LogP contribution in [-0.2, 0) is 4.74 Å². The van der Waals surface area contributed by atoms with Crippen LogP contribution in [0.5, 0.6) is 0 Å². The number of hydrogen-bond acceptors (Lipinski definition) is 1. The molecular weight excluding hydrogens is 162 g/mol. The molecule has 0 saturated carbocycles. The first-order valence-corrected chi connectivity index (χ1v) is 6.61. The van der Waals surface area contributed by atoms with Gasteiger partial charge in [-0.3, -0.25) is 4.70 Å². The topological polar surface area (TPSA) is 9.23 Å². The van der Waals surface area contributed by atoms with E-state index in [4.69, 9.17) is 4.74 Å². The monoisotopic (exact) mass is 183 g/mol. The summed E-state index contributed by atoms with van der Waals surface area (Å²) in [6.07, 6.45) is 5.05. The first-order valence-electron chi connectivity index (χ1n) is 4.08. The van der Waals surface area contributed by atoms with Gasteiger partial charge in [0.1, 0.15) is 0 Å². The second kappa shape index (κ2) is 7.00. The van der Waals surface area contributed by atoms with Crippen molar-refractivity contribution in [3.05, 3.63) is 0 Å². The number of hydrogen-bond donors (Lipinski definition) is 0. The Kier molecular flexibility index (Phi) is 8.83. The Morgan fingerprint density at radius 2 is 1.36 bits per heavy atom. The number of rotatable bonds is 5. The lowest BCUT2D eigenvalue weighted by molar-refractivity contribution is 0.252. The zero-order valence-electron chi connectivity index (χ0n) is 8.09. The zero-order valence-corrected chi connectivity index (χ0v) is 8.99. The molecular formula is C8H21FOP+. The van der Waals surface area contributed by atoms with Crippen LogP contribution in [0.3, 0.4) is 0 Å². The highest BCUT2D eigenvalue weighted by Gasteiger charge is 2.30. The summed E-state index contributed by atoms with van der Waals surface area (Å²) < 4.78 is 5.23. The molecule has 0 unspecified atom stereocenters. The fourth-order valence-electron chi connectivity index (χ4n) is 1.22. The third kappa shape index (κ3) is 4.03. The van der Waals surface area contributed by atoms with Gasteiger partial charge in [0.2, 0.25) is 0 Å². The van der Waals surface area contributed by atoms with Gasteiger partial charge in [-0.1, -0.05) is 0 Å². The average Bonchev–Trinajstić information content (AvgIpc) is 2.01. The van der Waals surface area contributed by atoms with Crippen LogP contribution >= 0.6 is 7.26 Å². The van der Waals surface area contributed by atoms with Crippen molar-refractivity contribution in [3.63, 3.8) is 0 Å². The molecule has 0 atom stereocenters. The first-order chi connectivity index (χ1) is 4.74. The summed E-state index contributed by atoms with van der Waals surface area (Å²) in [5, 5.41) is 0. The predicted molar refractivity (Wildman–Crippen MR) is 52.9 cm³/mol. The van der Waals surface area contributed by atoms with E-state index in [1.807, 2.05) is 7.11 Å². The second-order valence-electron chi connectivity index (χ2n) is 2.71. The lowest BCUT2D eigenvalue weighted by Gasteiger charge is -2.21. The van der Waals surface area contributed by atoms with Crippen LogP contribution < -0.4 is 0 Å².